The van der Waals surface area contributed by atoms with Gasteiger partial charge in [0.1, 0.15) is 5.75 Å². The van der Waals surface area contributed by atoms with Crippen LogP contribution < -0.4 is 10.1 Å². The van der Waals surface area contributed by atoms with E-state index in [1.54, 1.807) is 0 Å². The molecule has 17 heavy (non-hydrogen) atoms. The number of hydrogen-bond donors (Lipinski definition) is 1. The quantitative estimate of drug-likeness (QED) is 0.632. The first-order valence-electron chi connectivity index (χ1n) is 5.51. The molecule has 1 aromatic rings. The van der Waals surface area contributed by atoms with Crippen molar-refractivity contribution in [3.63, 3.8) is 0 Å². The molecule has 0 saturated heterocycles. The van der Waals surface area contributed by atoms with Crippen molar-refractivity contribution >= 4 is 0 Å². The summed E-state index contributed by atoms with van der Waals surface area (Å²) < 4.78 is 10.1. The molecule has 0 fully saturated rings. The molecule has 1 N–H and O–H groups in total. The molecule has 0 aromatic heterocycles. The fraction of sp³-hybridized carbons (Fsp3) is 0.462. The zero-order valence-corrected chi connectivity index (χ0v) is 10.8. The maximum absolute atomic E-state index is 6.50. The molecule has 1 aromatic carbocycles. The fourth-order valence-electron chi connectivity index (χ4n) is 0.888. The summed E-state index contributed by atoms with van der Waals surface area (Å²) in [4.78, 5) is 0. The number of benzene rings is 1. The topological polar surface area (TPSA) is 54.3 Å². The molecular weight excluding hydrogens is 216 g/mol. The molecule has 0 unspecified atom stereocenters. The van der Waals surface area contributed by atoms with E-state index in [-0.39, 0.29) is 0 Å². The Kier molecular flexibility index (Phi) is 17.7. The molecule has 0 aliphatic carbocycles. The average Bonchev–Trinajstić information content (AvgIpc) is 2.41. The normalized spacial score (nSPS) is 8.06. The number of nitrogens with one attached hydrogen (secondary N) is 1. The lowest BCUT2D eigenvalue weighted by molar-refractivity contribution is 0.134. The number of rotatable bonds is 5. The van der Waals surface area contributed by atoms with Gasteiger partial charge < -0.3 is 9.47 Å². The maximum atomic E-state index is 6.50. The van der Waals surface area contributed by atoms with Crippen molar-refractivity contribution in [2.24, 2.45) is 0 Å². The Hall–Kier alpha value is -1.57. The van der Waals surface area contributed by atoms with Crippen molar-refractivity contribution in [2.45, 2.75) is 13.8 Å². The SMILES string of the molecule is C#N.CCOCNC.CCOc1ccccc1. The summed E-state index contributed by atoms with van der Waals surface area (Å²) in [5, 5.41) is 9.35. The van der Waals surface area contributed by atoms with Gasteiger partial charge >= 0.3 is 0 Å². The van der Waals surface area contributed by atoms with Crippen molar-refractivity contribution in [3.05, 3.63) is 30.3 Å². The van der Waals surface area contributed by atoms with Crippen molar-refractivity contribution in [1.29, 1.82) is 5.26 Å². The molecule has 0 heterocycles. The number of ether oxygens (including phenoxy) is 2. The smallest absolute Gasteiger partial charge is 0.119 e. The van der Waals surface area contributed by atoms with Crippen molar-refractivity contribution in [2.75, 3.05) is 27.0 Å². The van der Waals surface area contributed by atoms with Crippen LogP contribution in [0.2, 0.25) is 0 Å². The predicted octanol–water partition coefficient (Wildman–Crippen LogP) is 2.42. The van der Waals surface area contributed by atoms with Gasteiger partial charge in [0.15, 0.2) is 0 Å². The lowest BCUT2D eigenvalue weighted by atomic mass is 10.3. The van der Waals surface area contributed by atoms with Gasteiger partial charge in [-0.1, -0.05) is 18.2 Å². The number of hydrogen-bond acceptors (Lipinski definition) is 4. The van der Waals surface area contributed by atoms with E-state index in [1.165, 1.54) is 0 Å². The van der Waals surface area contributed by atoms with Crippen molar-refractivity contribution in [3.8, 4) is 12.3 Å². The van der Waals surface area contributed by atoms with E-state index in [0.29, 0.717) is 6.73 Å². The summed E-state index contributed by atoms with van der Waals surface area (Å²) >= 11 is 0. The first kappa shape index (κ1) is 17.8. The molecule has 0 aliphatic rings. The lowest BCUT2D eigenvalue weighted by Gasteiger charge is -1.99. The highest BCUT2D eigenvalue weighted by Crippen LogP contribution is 2.06. The van der Waals surface area contributed by atoms with Crippen LogP contribution in [0.3, 0.4) is 0 Å². The van der Waals surface area contributed by atoms with Gasteiger partial charge in [0.25, 0.3) is 0 Å². The van der Waals surface area contributed by atoms with Crippen molar-refractivity contribution in [1.82, 2.24) is 5.32 Å². The summed E-state index contributed by atoms with van der Waals surface area (Å²) in [6, 6.07) is 9.80. The monoisotopic (exact) mass is 238 g/mol. The van der Waals surface area contributed by atoms with Gasteiger partial charge in [0.2, 0.25) is 0 Å². The van der Waals surface area contributed by atoms with Gasteiger partial charge in [0, 0.05) is 13.2 Å². The fourth-order valence-corrected chi connectivity index (χ4v) is 0.888. The Morgan fingerprint density at radius 2 is 1.71 bits per heavy atom. The van der Waals surface area contributed by atoms with Gasteiger partial charge in [-0.25, -0.2) is 5.26 Å². The molecule has 4 heteroatoms. The second-order valence-electron chi connectivity index (χ2n) is 2.74. The van der Waals surface area contributed by atoms with Crippen LogP contribution in [0.15, 0.2) is 30.3 Å². The average molecular weight is 238 g/mol. The highest BCUT2D eigenvalue weighted by molar-refractivity contribution is 5.20. The van der Waals surface area contributed by atoms with Gasteiger partial charge in [-0.15, -0.1) is 0 Å². The number of nitriles is 1. The van der Waals surface area contributed by atoms with E-state index in [2.05, 4.69) is 11.9 Å². The van der Waals surface area contributed by atoms with E-state index in [4.69, 9.17) is 14.7 Å². The lowest BCUT2D eigenvalue weighted by Crippen LogP contribution is -2.10. The molecular formula is C13H22N2O2. The van der Waals surface area contributed by atoms with Crippen LogP contribution in [0.1, 0.15) is 13.8 Å². The standard InChI is InChI=1S/C8H10O.C4H11NO.CHN/c1-2-9-8-6-4-3-5-7-8;1-3-6-4-5-2;1-2/h3-7H,2H2,1H3;5H,3-4H2,1-2H3;1H. The Morgan fingerprint density at radius 1 is 1.12 bits per heavy atom. The molecule has 0 bridgehead atoms. The molecule has 4 nitrogen and oxygen atoms in total. The highest BCUT2D eigenvalue weighted by atomic mass is 16.5. The first-order valence-corrected chi connectivity index (χ1v) is 5.51. The second kappa shape index (κ2) is 16.8. The third kappa shape index (κ3) is 14.4. The van der Waals surface area contributed by atoms with Gasteiger partial charge in [-0.05, 0) is 33.0 Å². The van der Waals surface area contributed by atoms with Gasteiger partial charge in [-0.2, -0.15) is 0 Å². The summed E-state index contributed by atoms with van der Waals surface area (Å²) in [6.07, 6.45) is 0. The van der Waals surface area contributed by atoms with E-state index in [0.717, 1.165) is 19.0 Å². The summed E-state index contributed by atoms with van der Waals surface area (Å²) in [5.41, 5.74) is 0. The van der Waals surface area contributed by atoms with Gasteiger partial charge in [-0.3, -0.25) is 5.32 Å². The minimum Gasteiger partial charge on any atom is -0.494 e. The third-order valence-corrected chi connectivity index (χ3v) is 1.50. The molecule has 0 radical (unpaired) electrons. The zero-order chi connectivity index (χ0) is 13.4. The van der Waals surface area contributed by atoms with Crippen LogP contribution in [-0.4, -0.2) is 27.0 Å². The minimum atomic E-state index is 0.663. The molecule has 0 amide bonds. The van der Waals surface area contributed by atoms with Crippen LogP contribution >= 0.6 is 0 Å². The number of nitrogens with zero attached hydrogens (tertiary/aromatic N) is 1. The Balaban J connectivity index is 0. The Bertz CT molecular complexity index is 246. The molecule has 0 spiro atoms. The second-order valence-corrected chi connectivity index (χ2v) is 2.74. The third-order valence-electron chi connectivity index (χ3n) is 1.50. The molecule has 96 valence electrons. The summed E-state index contributed by atoms with van der Waals surface area (Å²) in [6.45, 7) is 9.64. The van der Waals surface area contributed by atoms with E-state index < -0.39 is 0 Å². The van der Waals surface area contributed by atoms with E-state index in [1.807, 2.05) is 51.2 Å². The summed E-state index contributed by atoms with van der Waals surface area (Å²) in [7, 11) is 1.86. The van der Waals surface area contributed by atoms with Crippen molar-refractivity contribution < 1.29 is 9.47 Å². The molecule has 0 aliphatic heterocycles. The predicted molar refractivity (Wildman–Crippen MR) is 69.8 cm³/mol. The maximum Gasteiger partial charge on any atom is 0.119 e. The summed E-state index contributed by atoms with van der Waals surface area (Å²) in [5.74, 6) is 0.944. The van der Waals surface area contributed by atoms with Crippen LogP contribution in [0.5, 0.6) is 5.75 Å². The minimum absolute atomic E-state index is 0.663. The molecule has 0 saturated carbocycles. The van der Waals surface area contributed by atoms with Crippen LogP contribution in [0.4, 0.5) is 0 Å². The van der Waals surface area contributed by atoms with Crippen LogP contribution in [-0.2, 0) is 4.74 Å². The first-order chi connectivity index (χ1) is 8.35. The van der Waals surface area contributed by atoms with Crippen LogP contribution in [0.25, 0.3) is 0 Å². The van der Waals surface area contributed by atoms with E-state index >= 15 is 0 Å². The Labute approximate surface area is 104 Å². The zero-order valence-electron chi connectivity index (χ0n) is 10.8. The molecule has 1 rings (SSSR count). The number of para-hydroxylation sites is 1. The van der Waals surface area contributed by atoms with E-state index in [9.17, 15) is 0 Å². The molecule has 0 atom stereocenters. The highest BCUT2D eigenvalue weighted by Gasteiger charge is 1.83. The largest absolute Gasteiger partial charge is 0.494 e. The Morgan fingerprint density at radius 3 is 2.06 bits per heavy atom. The van der Waals surface area contributed by atoms with Gasteiger partial charge in [0.05, 0.1) is 13.3 Å². The van der Waals surface area contributed by atoms with Crippen LogP contribution in [0, 0.1) is 11.8 Å².